The molecule has 7 nitrogen and oxygen atoms in total. The maximum atomic E-state index is 12.2. The van der Waals surface area contributed by atoms with Crippen LogP contribution >= 0.6 is 0 Å². The van der Waals surface area contributed by atoms with E-state index in [9.17, 15) is 14.4 Å². The van der Waals surface area contributed by atoms with Crippen molar-refractivity contribution >= 4 is 17.9 Å². The van der Waals surface area contributed by atoms with Crippen LogP contribution < -0.4 is 5.73 Å². The van der Waals surface area contributed by atoms with Gasteiger partial charge in [0.05, 0.1) is 11.8 Å². The fourth-order valence-corrected chi connectivity index (χ4v) is 3.78. The van der Waals surface area contributed by atoms with Gasteiger partial charge in [0.25, 0.3) is 0 Å². The molecule has 142 valence electrons. The molecule has 7 heteroatoms. The van der Waals surface area contributed by atoms with Gasteiger partial charge in [0.2, 0.25) is 6.29 Å². The summed E-state index contributed by atoms with van der Waals surface area (Å²) in [5, 5.41) is 9.01. The molecule has 2 unspecified atom stereocenters. The van der Waals surface area contributed by atoms with Gasteiger partial charge >= 0.3 is 17.9 Å². The van der Waals surface area contributed by atoms with E-state index >= 15 is 0 Å². The van der Waals surface area contributed by atoms with Crippen LogP contribution in [-0.4, -0.2) is 35.3 Å². The summed E-state index contributed by atoms with van der Waals surface area (Å²) in [5.41, 5.74) is 5.97. The van der Waals surface area contributed by atoms with E-state index in [1.165, 1.54) is 6.92 Å². The molecule has 2 saturated carbocycles. The number of aliphatic carboxylic acids is 1. The summed E-state index contributed by atoms with van der Waals surface area (Å²) in [7, 11) is 0. The number of hydrogen-bond donors (Lipinski definition) is 2. The van der Waals surface area contributed by atoms with Gasteiger partial charge < -0.3 is 20.3 Å². The molecule has 0 amide bonds. The highest BCUT2D eigenvalue weighted by atomic mass is 16.7. The van der Waals surface area contributed by atoms with Gasteiger partial charge in [-0.2, -0.15) is 0 Å². The lowest BCUT2D eigenvalue weighted by Crippen LogP contribution is -2.43. The molecule has 3 N–H and O–H groups in total. The molecule has 0 aliphatic heterocycles. The van der Waals surface area contributed by atoms with Crippen LogP contribution in [0.4, 0.5) is 0 Å². The molecule has 2 aliphatic rings. The van der Waals surface area contributed by atoms with Gasteiger partial charge in [0.15, 0.2) is 0 Å². The highest BCUT2D eigenvalue weighted by molar-refractivity contribution is 5.77. The first-order valence-corrected chi connectivity index (χ1v) is 9.28. The van der Waals surface area contributed by atoms with Crippen molar-refractivity contribution in [3.05, 3.63) is 0 Å². The van der Waals surface area contributed by atoms with Crippen LogP contribution in [-0.2, 0) is 23.9 Å². The largest absolute Gasteiger partial charge is 0.481 e. The Kier molecular flexibility index (Phi) is 7.23. The Balaban J connectivity index is 1.74. The van der Waals surface area contributed by atoms with Crippen molar-refractivity contribution in [1.29, 1.82) is 0 Å². The van der Waals surface area contributed by atoms with Crippen molar-refractivity contribution in [2.75, 3.05) is 0 Å². The predicted molar refractivity (Wildman–Crippen MR) is 89.3 cm³/mol. The number of ether oxygens (including phenoxy) is 2. The maximum absolute atomic E-state index is 12.2. The van der Waals surface area contributed by atoms with Gasteiger partial charge in [-0.25, -0.2) is 0 Å². The molecule has 2 rings (SSSR count). The number of hydrogen-bond acceptors (Lipinski definition) is 6. The van der Waals surface area contributed by atoms with Crippen molar-refractivity contribution in [1.82, 2.24) is 0 Å². The number of carbonyl (C=O) groups is 3. The molecule has 0 bridgehead atoms. The Bertz CT molecular complexity index is 480. The molecule has 0 aromatic heterocycles. The summed E-state index contributed by atoms with van der Waals surface area (Å²) in [6.07, 6.45) is 6.11. The molecule has 2 fully saturated rings. The fourth-order valence-electron chi connectivity index (χ4n) is 3.78. The first-order chi connectivity index (χ1) is 11.9. The second-order valence-corrected chi connectivity index (χ2v) is 7.25. The van der Waals surface area contributed by atoms with E-state index in [1.807, 2.05) is 0 Å². The van der Waals surface area contributed by atoms with Gasteiger partial charge in [-0.15, -0.1) is 0 Å². The van der Waals surface area contributed by atoms with Gasteiger partial charge in [0.1, 0.15) is 6.04 Å². The fraction of sp³-hybridized carbons (Fsp3) is 0.833. The summed E-state index contributed by atoms with van der Waals surface area (Å²) in [6.45, 7) is 1.52. The smallest absolute Gasteiger partial charge is 0.326 e. The lowest BCUT2D eigenvalue weighted by Gasteiger charge is -2.30. The topological polar surface area (TPSA) is 116 Å². The Morgan fingerprint density at radius 2 is 1.52 bits per heavy atom. The minimum atomic E-state index is -0.955. The summed E-state index contributed by atoms with van der Waals surface area (Å²) < 4.78 is 10.4. The molecule has 0 radical (unpaired) electrons. The number of carboxylic acids is 1. The molecule has 0 spiro atoms. The summed E-state index contributed by atoms with van der Waals surface area (Å²) in [5.74, 6) is -2.25. The Labute approximate surface area is 148 Å². The summed E-state index contributed by atoms with van der Waals surface area (Å²) in [4.78, 5) is 35.2. The van der Waals surface area contributed by atoms with E-state index in [4.69, 9.17) is 20.3 Å². The molecule has 0 aromatic rings. The Morgan fingerprint density at radius 3 is 2.08 bits per heavy atom. The van der Waals surface area contributed by atoms with Crippen LogP contribution in [0.15, 0.2) is 0 Å². The van der Waals surface area contributed by atoms with E-state index in [0.717, 1.165) is 32.1 Å². The zero-order valence-electron chi connectivity index (χ0n) is 14.8. The lowest BCUT2D eigenvalue weighted by molar-refractivity contribution is -0.189. The number of esters is 2. The van der Waals surface area contributed by atoms with E-state index in [0.29, 0.717) is 25.7 Å². The van der Waals surface area contributed by atoms with Gasteiger partial charge in [-0.1, -0.05) is 19.3 Å². The molecular weight excluding hydrogens is 326 g/mol. The monoisotopic (exact) mass is 355 g/mol. The van der Waals surface area contributed by atoms with E-state index in [-0.39, 0.29) is 23.7 Å². The van der Waals surface area contributed by atoms with E-state index in [1.54, 1.807) is 0 Å². The molecule has 0 aromatic carbocycles. The molecular formula is C18H29NO6. The first-order valence-electron chi connectivity index (χ1n) is 9.28. The maximum Gasteiger partial charge on any atom is 0.326 e. The Morgan fingerprint density at radius 1 is 0.920 bits per heavy atom. The van der Waals surface area contributed by atoms with Crippen molar-refractivity contribution in [2.45, 2.75) is 77.0 Å². The average Bonchev–Trinajstić information content (AvgIpc) is 2.61. The van der Waals surface area contributed by atoms with E-state index in [2.05, 4.69) is 0 Å². The molecule has 2 atom stereocenters. The second-order valence-electron chi connectivity index (χ2n) is 7.25. The number of rotatable bonds is 6. The van der Waals surface area contributed by atoms with Crippen molar-refractivity contribution in [2.24, 2.45) is 23.5 Å². The minimum absolute atomic E-state index is 0.0932. The summed E-state index contributed by atoms with van der Waals surface area (Å²) in [6, 6.07) is -0.814. The normalized spacial score (nSPS) is 27.1. The average molecular weight is 355 g/mol. The van der Waals surface area contributed by atoms with Crippen molar-refractivity contribution in [3.8, 4) is 0 Å². The van der Waals surface area contributed by atoms with Crippen molar-refractivity contribution in [3.63, 3.8) is 0 Å². The third kappa shape index (κ3) is 5.70. The standard InChI is InChI=1S/C18H29NO6/c1-11(24-17(22)14-5-3-2-4-6-14)25-18(23)15(19)12-7-9-13(10-8-12)16(20)21/h11-15H,2-10,19H2,1H3,(H,20,21). The van der Waals surface area contributed by atoms with Crippen LogP contribution in [0.5, 0.6) is 0 Å². The van der Waals surface area contributed by atoms with Crippen LogP contribution in [0.25, 0.3) is 0 Å². The first kappa shape index (κ1) is 19.7. The summed E-state index contributed by atoms with van der Waals surface area (Å²) >= 11 is 0. The third-order valence-corrected chi connectivity index (χ3v) is 5.40. The predicted octanol–water partition coefficient (Wildman–Crippen LogP) is 2.22. The highest BCUT2D eigenvalue weighted by Gasteiger charge is 2.34. The van der Waals surface area contributed by atoms with Crippen molar-refractivity contribution < 1.29 is 29.0 Å². The van der Waals surface area contributed by atoms with Gasteiger partial charge in [-0.05, 0) is 44.4 Å². The number of carboxylic acid groups (broad SMARTS) is 1. The molecule has 2 aliphatic carbocycles. The highest BCUT2D eigenvalue weighted by Crippen LogP contribution is 2.31. The van der Waals surface area contributed by atoms with E-state index < -0.39 is 24.3 Å². The van der Waals surface area contributed by atoms with Crippen LogP contribution in [0.1, 0.15) is 64.7 Å². The van der Waals surface area contributed by atoms with Crippen LogP contribution in [0.2, 0.25) is 0 Å². The van der Waals surface area contributed by atoms with Gasteiger partial charge in [0, 0.05) is 6.92 Å². The molecule has 0 heterocycles. The quantitative estimate of drug-likeness (QED) is 0.554. The van der Waals surface area contributed by atoms with Crippen LogP contribution in [0, 0.1) is 17.8 Å². The Hall–Kier alpha value is -1.63. The number of carbonyl (C=O) groups excluding carboxylic acids is 2. The minimum Gasteiger partial charge on any atom is -0.481 e. The number of nitrogens with two attached hydrogens (primary N) is 1. The van der Waals surface area contributed by atoms with Crippen LogP contribution in [0.3, 0.4) is 0 Å². The molecule has 0 saturated heterocycles. The second kappa shape index (κ2) is 9.17. The van der Waals surface area contributed by atoms with Gasteiger partial charge in [-0.3, -0.25) is 14.4 Å². The lowest BCUT2D eigenvalue weighted by atomic mass is 9.79. The zero-order valence-corrected chi connectivity index (χ0v) is 14.8. The zero-order chi connectivity index (χ0) is 18.4. The SMILES string of the molecule is CC(OC(=O)C1CCCCC1)OC(=O)C(N)C1CCC(C(=O)O)CC1. The third-order valence-electron chi connectivity index (χ3n) is 5.40. The molecule has 25 heavy (non-hydrogen) atoms.